The van der Waals surface area contributed by atoms with Crippen molar-refractivity contribution in [2.75, 3.05) is 5.73 Å². The maximum absolute atomic E-state index is 12.8. The number of aromatic carboxylic acids is 1. The Hall–Kier alpha value is -2.01. The topological polar surface area (TPSA) is 63.3 Å². The quantitative estimate of drug-likeness (QED) is 0.664. The molecule has 0 spiro atoms. The summed E-state index contributed by atoms with van der Waals surface area (Å²) in [5, 5.41) is 9.14. The van der Waals surface area contributed by atoms with Crippen LogP contribution in [0.2, 0.25) is 0 Å². The summed E-state index contributed by atoms with van der Waals surface area (Å²) in [6.45, 7) is 0. The summed E-state index contributed by atoms with van der Waals surface area (Å²) in [4.78, 5) is 12.0. The van der Waals surface area contributed by atoms with Gasteiger partial charge in [0.2, 0.25) is 0 Å². The minimum Gasteiger partial charge on any atom is -0.478 e. The number of thioether (sulfide) groups is 1. The molecule has 3 N–H and O–H groups in total. The molecule has 0 aliphatic heterocycles. The van der Waals surface area contributed by atoms with Crippen LogP contribution in [-0.2, 0) is 5.75 Å². The van der Waals surface area contributed by atoms with E-state index in [2.05, 4.69) is 0 Å². The molecule has 0 radical (unpaired) electrons. The van der Waals surface area contributed by atoms with Crippen molar-refractivity contribution in [3.8, 4) is 0 Å². The summed E-state index contributed by atoms with van der Waals surface area (Å²) < 4.78 is 12.8. The van der Waals surface area contributed by atoms with Crippen molar-refractivity contribution < 1.29 is 14.3 Å². The first-order valence-corrected chi connectivity index (χ1v) is 6.55. The van der Waals surface area contributed by atoms with Crippen molar-refractivity contribution in [1.29, 1.82) is 0 Å². The van der Waals surface area contributed by atoms with Crippen LogP contribution in [0.1, 0.15) is 15.9 Å². The smallest absolute Gasteiger partial charge is 0.338 e. The molecule has 0 saturated carbocycles. The Morgan fingerprint density at radius 2 is 1.89 bits per heavy atom. The van der Waals surface area contributed by atoms with E-state index in [-0.39, 0.29) is 17.1 Å². The third kappa shape index (κ3) is 3.26. The molecule has 2 aromatic carbocycles. The molecule has 3 nitrogen and oxygen atoms in total. The largest absolute Gasteiger partial charge is 0.478 e. The zero-order valence-electron chi connectivity index (χ0n) is 9.97. The zero-order chi connectivity index (χ0) is 13.8. The van der Waals surface area contributed by atoms with Crippen LogP contribution in [0.3, 0.4) is 0 Å². The second kappa shape index (κ2) is 5.75. The van der Waals surface area contributed by atoms with Crippen molar-refractivity contribution >= 4 is 23.4 Å². The fraction of sp³-hybridized carbons (Fsp3) is 0.0714. The van der Waals surface area contributed by atoms with Gasteiger partial charge in [0.25, 0.3) is 0 Å². The van der Waals surface area contributed by atoms with Gasteiger partial charge in [0.1, 0.15) is 5.82 Å². The van der Waals surface area contributed by atoms with Crippen molar-refractivity contribution in [1.82, 2.24) is 0 Å². The van der Waals surface area contributed by atoms with Gasteiger partial charge < -0.3 is 10.8 Å². The minimum absolute atomic E-state index is 0.136. The standard InChI is InChI=1S/C14H12FNO2S/c15-10-4-6-11(7-5-10)19-8-9-2-1-3-12(16)13(9)14(17)18/h1-7H,8,16H2,(H,17,18). The van der Waals surface area contributed by atoms with Crippen LogP contribution in [-0.4, -0.2) is 11.1 Å². The fourth-order valence-corrected chi connectivity index (χ4v) is 2.58. The molecule has 0 amide bonds. The number of halogens is 1. The number of benzene rings is 2. The van der Waals surface area contributed by atoms with Gasteiger partial charge in [-0.05, 0) is 35.9 Å². The zero-order valence-corrected chi connectivity index (χ0v) is 10.8. The molecule has 0 bridgehead atoms. The van der Waals surface area contributed by atoms with Crippen molar-refractivity contribution in [3.63, 3.8) is 0 Å². The Morgan fingerprint density at radius 1 is 1.21 bits per heavy atom. The van der Waals surface area contributed by atoms with Gasteiger partial charge in [-0.15, -0.1) is 11.8 Å². The molecule has 0 aliphatic rings. The summed E-state index contributed by atoms with van der Waals surface area (Å²) in [5.41, 5.74) is 6.72. The van der Waals surface area contributed by atoms with E-state index in [9.17, 15) is 9.18 Å². The first-order chi connectivity index (χ1) is 9.08. The molecular formula is C14H12FNO2S. The number of nitrogens with two attached hydrogens (primary N) is 1. The van der Waals surface area contributed by atoms with Crippen molar-refractivity contribution in [2.45, 2.75) is 10.6 Å². The Balaban J connectivity index is 2.18. The van der Waals surface area contributed by atoms with E-state index >= 15 is 0 Å². The molecule has 19 heavy (non-hydrogen) atoms. The second-order valence-electron chi connectivity index (χ2n) is 3.93. The normalized spacial score (nSPS) is 10.4. The van der Waals surface area contributed by atoms with Gasteiger partial charge in [-0.1, -0.05) is 12.1 Å². The van der Waals surface area contributed by atoms with E-state index in [0.29, 0.717) is 11.3 Å². The van der Waals surface area contributed by atoms with Gasteiger partial charge in [-0.2, -0.15) is 0 Å². The van der Waals surface area contributed by atoms with E-state index in [4.69, 9.17) is 10.8 Å². The molecule has 0 atom stereocenters. The number of carboxylic acids is 1. The maximum atomic E-state index is 12.8. The van der Waals surface area contributed by atoms with Crippen LogP contribution in [0.4, 0.5) is 10.1 Å². The van der Waals surface area contributed by atoms with Gasteiger partial charge >= 0.3 is 5.97 Å². The van der Waals surface area contributed by atoms with Crippen molar-refractivity contribution in [2.24, 2.45) is 0 Å². The average Bonchev–Trinajstić information content (AvgIpc) is 2.37. The SMILES string of the molecule is Nc1cccc(CSc2ccc(F)cc2)c1C(=O)O. The van der Waals surface area contributed by atoms with E-state index in [1.54, 1.807) is 30.3 Å². The highest BCUT2D eigenvalue weighted by atomic mass is 32.2. The monoisotopic (exact) mass is 277 g/mol. The number of anilines is 1. The van der Waals surface area contributed by atoms with E-state index in [1.807, 2.05) is 0 Å². The van der Waals surface area contributed by atoms with Gasteiger partial charge in [0.15, 0.2) is 0 Å². The number of hydrogen-bond donors (Lipinski definition) is 2. The summed E-state index contributed by atoms with van der Waals surface area (Å²) in [6, 6.07) is 11.1. The average molecular weight is 277 g/mol. The lowest BCUT2D eigenvalue weighted by molar-refractivity contribution is 0.0697. The molecular weight excluding hydrogens is 265 g/mol. The molecule has 98 valence electrons. The molecule has 0 aromatic heterocycles. The molecule has 2 rings (SSSR count). The lowest BCUT2D eigenvalue weighted by atomic mass is 10.1. The summed E-state index contributed by atoms with van der Waals surface area (Å²) >= 11 is 1.44. The van der Waals surface area contributed by atoms with Crippen LogP contribution < -0.4 is 5.73 Å². The number of carbonyl (C=O) groups is 1. The van der Waals surface area contributed by atoms with Crippen LogP contribution in [0, 0.1) is 5.82 Å². The summed E-state index contributed by atoms with van der Waals surface area (Å²) in [5.74, 6) is -0.856. The highest BCUT2D eigenvalue weighted by molar-refractivity contribution is 7.98. The molecule has 0 aliphatic carbocycles. The number of hydrogen-bond acceptors (Lipinski definition) is 3. The second-order valence-corrected chi connectivity index (χ2v) is 4.98. The molecule has 2 aromatic rings. The van der Waals surface area contributed by atoms with E-state index in [1.165, 1.54) is 23.9 Å². The van der Waals surface area contributed by atoms with Gasteiger partial charge in [-0.3, -0.25) is 0 Å². The van der Waals surface area contributed by atoms with Crippen LogP contribution in [0.15, 0.2) is 47.4 Å². The predicted octanol–water partition coefficient (Wildman–Crippen LogP) is 3.40. The first-order valence-electron chi connectivity index (χ1n) is 5.57. The third-order valence-corrected chi connectivity index (χ3v) is 3.67. The Labute approximate surface area is 114 Å². The van der Waals surface area contributed by atoms with Crippen LogP contribution in [0.25, 0.3) is 0 Å². The maximum Gasteiger partial charge on any atom is 0.338 e. The van der Waals surface area contributed by atoms with Gasteiger partial charge in [0, 0.05) is 16.3 Å². The number of rotatable bonds is 4. The summed E-state index contributed by atoms with van der Waals surface area (Å²) in [7, 11) is 0. The Morgan fingerprint density at radius 3 is 2.53 bits per heavy atom. The highest BCUT2D eigenvalue weighted by Gasteiger charge is 2.13. The fourth-order valence-electron chi connectivity index (χ4n) is 1.69. The third-order valence-electron chi connectivity index (χ3n) is 2.60. The lowest BCUT2D eigenvalue weighted by Crippen LogP contribution is -2.06. The molecule has 0 heterocycles. The highest BCUT2D eigenvalue weighted by Crippen LogP contribution is 2.26. The lowest BCUT2D eigenvalue weighted by Gasteiger charge is -2.08. The van der Waals surface area contributed by atoms with E-state index < -0.39 is 5.97 Å². The van der Waals surface area contributed by atoms with Gasteiger partial charge in [-0.25, -0.2) is 9.18 Å². The Kier molecular flexibility index (Phi) is 4.06. The van der Waals surface area contributed by atoms with Crippen LogP contribution >= 0.6 is 11.8 Å². The summed E-state index contributed by atoms with van der Waals surface area (Å²) in [6.07, 6.45) is 0. The number of carboxylic acid groups (broad SMARTS) is 1. The van der Waals surface area contributed by atoms with E-state index in [0.717, 1.165) is 4.90 Å². The van der Waals surface area contributed by atoms with Crippen molar-refractivity contribution in [3.05, 3.63) is 59.4 Å². The predicted molar refractivity (Wildman–Crippen MR) is 73.8 cm³/mol. The number of nitrogen functional groups attached to an aromatic ring is 1. The molecule has 0 unspecified atom stereocenters. The van der Waals surface area contributed by atoms with Crippen LogP contribution in [0.5, 0.6) is 0 Å². The van der Waals surface area contributed by atoms with Gasteiger partial charge in [0.05, 0.1) is 5.56 Å². The molecule has 5 heteroatoms. The minimum atomic E-state index is -1.03. The Bertz CT molecular complexity index is 599. The molecule has 0 fully saturated rings. The molecule has 0 saturated heterocycles. The first kappa shape index (κ1) is 13.4.